The molecule has 2 aromatic heterocycles. The monoisotopic (exact) mass is 297 g/mol. The van der Waals surface area contributed by atoms with E-state index < -0.39 is 0 Å². The van der Waals surface area contributed by atoms with Crippen LogP contribution >= 0.6 is 0 Å². The number of benzene rings is 1. The van der Waals surface area contributed by atoms with E-state index in [0.29, 0.717) is 18.3 Å². The number of hydrogen-bond acceptors (Lipinski definition) is 4. The van der Waals surface area contributed by atoms with Gasteiger partial charge in [-0.15, -0.1) is 0 Å². The van der Waals surface area contributed by atoms with E-state index in [9.17, 15) is 4.79 Å². The minimum absolute atomic E-state index is 0.135. The van der Waals surface area contributed by atoms with Crippen LogP contribution in [-0.2, 0) is 13.0 Å². The molecule has 0 aliphatic rings. The zero-order valence-corrected chi connectivity index (χ0v) is 12.8. The molecule has 0 fully saturated rings. The molecule has 0 saturated heterocycles. The Morgan fingerprint density at radius 2 is 2.00 bits per heavy atom. The normalized spacial score (nSPS) is 11.0. The number of aryl methyl sites for hydroxylation is 2. The third-order valence-electron chi connectivity index (χ3n) is 3.47. The quantitative estimate of drug-likeness (QED) is 0.757. The third kappa shape index (κ3) is 3.00. The van der Waals surface area contributed by atoms with Crippen LogP contribution in [0.15, 0.2) is 35.1 Å². The Labute approximate surface area is 128 Å². The fraction of sp³-hybridized carbons (Fsp3) is 0.312. The molecule has 0 saturated carbocycles. The second-order valence-electron chi connectivity index (χ2n) is 5.38. The number of aromatic nitrogens is 4. The Kier molecular flexibility index (Phi) is 3.91. The fourth-order valence-corrected chi connectivity index (χ4v) is 2.28. The molecule has 0 atom stereocenters. The van der Waals surface area contributed by atoms with Gasteiger partial charge in [0.15, 0.2) is 0 Å². The molecule has 6 nitrogen and oxygen atoms in total. The van der Waals surface area contributed by atoms with E-state index in [1.54, 1.807) is 6.07 Å². The van der Waals surface area contributed by atoms with Gasteiger partial charge < -0.3 is 5.32 Å². The number of aromatic amines is 1. The van der Waals surface area contributed by atoms with E-state index in [-0.39, 0.29) is 5.56 Å². The summed E-state index contributed by atoms with van der Waals surface area (Å²) < 4.78 is 1.36. The van der Waals surface area contributed by atoms with E-state index in [2.05, 4.69) is 58.5 Å². The number of rotatable bonds is 5. The summed E-state index contributed by atoms with van der Waals surface area (Å²) in [5.74, 6) is 0.946. The van der Waals surface area contributed by atoms with E-state index >= 15 is 0 Å². The molecular formula is C16H19N5O. The van der Waals surface area contributed by atoms with Crippen LogP contribution in [0, 0.1) is 6.92 Å². The lowest BCUT2D eigenvalue weighted by Crippen LogP contribution is -2.15. The van der Waals surface area contributed by atoms with Crippen LogP contribution in [0.3, 0.4) is 0 Å². The molecule has 1 aromatic carbocycles. The van der Waals surface area contributed by atoms with Crippen molar-refractivity contribution in [3.8, 4) is 0 Å². The Morgan fingerprint density at radius 3 is 2.73 bits per heavy atom. The lowest BCUT2D eigenvalue weighted by molar-refractivity contribution is 0.837. The average Bonchev–Trinajstić information content (AvgIpc) is 2.91. The minimum atomic E-state index is -0.135. The maximum absolute atomic E-state index is 12.0. The summed E-state index contributed by atoms with van der Waals surface area (Å²) in [6, 6.07) is 9.82. The second-order valence-corrected chi connectivity index (χ2v) is 5.38. The van der Waals surface area contributed by atoms with Crippen molar-refractivity contribution in [1.29, 1.82) is 0 Å². The molecule has 0 unspecified atom stereocenters. The molecular weight excluding hydrogens is 278 g/mol. The molecule has 6 heteroatoms. The van der Waals surface area contributed by atoms with Gasteiger partial charge >= 0.3 is 0 Å². The number of nitrogens with zero attached hydrogens (tertiary/aromatic N) is 3. The van der Waals surface area contributed by atoms with Crippen LogP contribution in [0.4, 0.5) is 5.95 Å². The number of nitrogens with one attached hydrogen (secondary N) is 2. The lowest BCUT2D eigenvalue weighted by atomic mass is 10.1. The summed E-state index contributed by atoms with van der Waals surface area (Å²) in [5, 5.41) is 6.12. The Morgan fingerprint density at radius 1 is 1.23 bits per heavy atom. The summed E-state index contributed by atoms with van der Waals surface area (Å²) in [5.41, 5.74) is 3.03. The first-order chi connectivity index (χ1) is 10.7. The van der Waals surface area contributed by atoms with Gasteiger partial charge in [-0.1, -0.05) is 43.2 Å². The van der Waals surface area contributed by atoms with Crippen LogP contribution < -0.4 is 10.9 Å². The average molecular weight is 297 g/mol. The van der Waals surface area contributed by atoms with Gasteiger partial charge in [0.25, 0.3) is 11.3 Å². The SMILES string of the molecule is CCCc1cc(=O)n2[nH]c(NCc3ccc(C)cc3)nc2n1. The van der Waals surface area contributed by atoms with Crippen LogP contribution in [0.25, 0.3) is 5.78 Å². The highest BCUT2D eigenvalue weighted by Crippen LogP contribution is 2.07. The van der Waals surface area contributed by atoms with Gasteiger partial charge in [-0.3, -0.25) is 9.89 Å². The summed E-state index contributed by atoms with van der Waals surface area (Å²) in [4.78, 5) is 20.8. The smallest absolute Gasteiger partial charge is 0.274 e. The summed E-state index contributed by atoms with van der Waals surface area (Å²) >= 11 is 0. The predicted molar refractivity (Wildman–Crippen MR) is 86.1 cm³/mol. The predicted octanol–water partition coefficient (Wildman–Crippen LogP) is 2.29. The van der Waals surface area contributed by atoms with Crippen LogP contribution in [-0.4, -0.2) is 19.6 Å². The molecule has 2 heterocycles. The molecule has 0 radical (unpaired) electrons. The maximum Gasteiger partial charge on any atom is 0.274 e. The highest BCUT2D eigenvalue weighted by molar-refractivity contribution is 5.38. The second kappa shape index (κ2) is 6.01. The molecule has 0 spiro atoms. The van der Waals surface area contributed by atoms with E-state index in [4.69, 9.17) is 0 Å². The van der Waals surface area contributed by atoms with Crippen molar-refractivity contribution in [1.82, 2.24) is 19.6 Å². The van der Waals surface area contributed by atoms with Crippen molar-refractivity contribution >= 4 is 11.7 Å². The van der Waals surface area contributed by atoms with Crippen LogP contribution in [0.1, 0.15) is 30.2 Å². The summed E-state index contributed by atoms with van der Waals surface area (Å²) in [6.07, 6.45) is 1.73. The third-order valence-corrected chi connectivity index (χ3v) is 3.47. The number of H-pyrrole nitrogens is 1. The van der Waals surface area contributed by atoms with Gasteiger partial charge in [0.1, 0.15) is 0 Å². The first kappa shape index (κ1) is 14.3. The first-order valence-electron chi connectivity index (χ1n) is 7.44. The van der Waals surface area contributed by atoms with E-state index in [1.807, 2.05) is 0 Å². The standard InChI is InChI=1S/C16H19N5O/c1-3-4-13-9-14(22)21-16(18-13)19-15(20-21)17-10-12-7-5-11(2)6-8-12/h5-9H,3-4,10H2,1-2H3,(H2,17,18,19,20). The Balaban J connectivity index is 1.81. The fourth-order valence-electron chi connectivity index (χ4n) is 2.28. The number of fused-ring (bicyclic) bond motifs is 1. The first-order valence-corrected chi connectivity index (χ1v) is 7.44. The van der Waals surface area contributed by atoms with Gasteiger partial charge in [0.05, 0.1) is 5.69 Å². The molecule has 3 aromatic rings. The maximum atomic E-state index is 12.0. The molecule has 0 aliphatic heterocycles. The van der Waals surface area contributed by atoms with Crippen molar-refractivity contribution in [2.24, 2.45) is 0 Å². The van der Waals surface area contributed by atoms with Crippen molar-refractivity contribution in [3.05, 3.63) is 57.5 Å². The van der Waals surface area contributed by atoms with Gasteiger partial charge in [-0.2, -0.15) is 9.50 Å². The molecule has 22 heavy (non-hydrogen) atoms. The molecule has 3 rings (SSSR count). The highest BCUT2D eigenvalue weighted by atomic mass is 16.1. The largest absolute Gasteiger partial charge is 0.351 e. The molecule has 0 amide bonds. The van der Waals surface area contributed by atoms with Gasteiger partial charge in [0, 0.05) is 12.6 Å². The van der Waals surface area contributed by atoms with E-state index in [0.717, 1.165) is 24.1 Å². The summed E-state index contributed by atoms with van der Waals surface area (Å²) in [7, 11) is 0. The van der Waals surface area contributed by atoms with Crippen molar-refractivity contribution in [2.75, 3.05) is 5.32 Å². The Hall–Kier alpha value is -2.63. The molecule has 114 valence electrons. The zero-order chi connectivity index (χ0) is 15.5. The van der Waals surface area contributed by atoms with E-state index in [1.165, 1.54) is 10.1 Å². The van der Waals surface area contributed by atoms with Crippen molar-refractivity contribution in [3.63, 3.8) is 0 Å². The molecule has 0 bridgehead atoms. The topological polar surface area (TPSA) is 75.1 Å². The minimum Gasteiger partial charge on any atom is -0.351 e. The zero-order valence-electron chi connectivity index (χ0n) is 12.8. The van der Waals surface area contributed by atoms with Crippen LogP contribution in [0.5, 0.6) is 0 Å². The van der Waals surface area contributed by atoms with Gasteiger partial charge in [-0.05, 0) is 18.9 Å². The molecule has 2 N–H and O–H groups in total. The highest BCUT2D eigenvalue weighted by Gasteiger charge is 2.07. The summed E-state index contributed by atoms with van der Waals surface area (Å²) in [6.45, 7) is 4.75. The lowest BCUT2D eigenvalue weighted by Gasteiger charge is -2.02. The van der Waals surface area contributed by atoms with Gasteiger partial charge in [-0.25, -0.2) is 4.98 Å². The van der Waals surface area contributed by atoms with Crippen molar-refractivity contribution in [2.45, 2.75) is 33.2 Å². The number of hydrogen-bond donors (Lipinski definition) is 2. The van der Waals surface area contributed by atoms with Crippen molar-refractivity contribution < 1.29 is 0 Å². The van der Waals surface area contributed by atoms with Gasteiger partial charge in [0.2, 0.25) is 5.95 Å². The Bertz CT molecular complexity index is 832. The molecule has 0 aliphatic carbocycles. The number of anilines is 1. The van der Waals surface area contributed by atoms with Crippen LogP contribution in [0.2, 0.25) is 0 Å².